The molecule has 1 amide bonds. The van der Waals surface area contributed by atoms with Gasteiger partial charge in [-0.1, -0.05) is 12.1 Å². The zero-order valence-electron chi connectivity index (χ0n) is 14.6. The molecule has 26 heavy (non-hydrogen) atoms. The van der Waals surface area contributed by atoms with Gasteiger partial charge in [-0.25, -0.2) is 0 Å². The predicted octanol–water partition coefficient (Wildman–Crippen LogP) is 3.35. The Kier molecular flexibility index (Phi) is 7.56. The number of rotatable bonds is 8. The number of ether oxygens (including phenoxy) is 3. The Morgan fingerprint density at radius 2 is 2.00 bits per heavy atom. The monoisotopic (exact) mass is 378 g/mol. The molecule has 0 saturated carbocycles. The molecule has 2 aromatic carbocycles. The molecule has 0 unspecified atom stereocenters. The van der Waals surface area contributed by atoms with Crippen LogP contribution in [0.2, 0.25) is 0 Å². The quantitative estimate of drug-likeness (QED) is 0.689. The van der Waals surface area contributed by atoms with E-state index in [2.05, 4.69) is 10.6 Å². The molecule has 0 radical (unpaired) electrons. The topological polar surface area (TPSA) is 68.8 Å². The summed E-state index contributed by atoms with van der Waals surface area (Å²) < 4.78 is 16.4. The molecule has 7 heteroatoms. The van der Waals surface area contributed by atoms with E-state index in [1.807, 2.05) is 49.5 Å². The molecule has 0 atom stereocenters. The SMILES string of the molecule is CNCCCC(=O)Nc1cccc(COc2ccc3c(c2)OCO3)c1.Cl. The van der Waals surface area contributed by atoms with E-state index in [0.29, 0.717) is 24.5 Å². The molecule has 0 aromatic heterocycles. The van der Waals surface area contributed by atoms with Crippen LogP contribution in [0.25, 0.3) is 0 Å². The minimum Gasteiger partial charge on any atom is -0.489 e. The zero-order chi connectivity index (χ0) is 17.5. The van der Waals surface area contributed by atoms with E-state index < -0.39 is 0 Å². The Balaban J connectivity index is 0.00000243. The van der Waals surface area contributed by atoms with Crippen LogP contribution < -0.4 is 24.8 Å². The normalized spacial score (nSPS) is 11.6. The van der Waals surface area contributed by atoms with Crippen LogP contribution in [0.3, 0.4) is 0 Å². The van der Waals surface area contributed by atoms with Crippen molar-refractivity contribution in [3.63, 3.8) is 0 Å². The van der Waals surface area contributed by atoms with Crippen LogP contribution in [0.15, 0.2) is 42.5 Å². The minimum absolute atomic E-state index is 0. The minimum atomic E-state index is 0. The van der Waals surface area contributed by atoms with E-state index in [9.17, 15) is 4.79 Å². The highest BCUT2D eigenvalue weighted by Crippen LogP contribution is 2.35. The van der Waals surface area contributed by atoms with Gasteiger partial charge < -0.3 is 24.8 Å². The summed E-state index contributed by atoms with van der Waals surface area (Å²) in [5.41, 5.74) is 1.76. The number of halogens is 1. The van der Waals surface area contributed by atoms with Gasteiger partial charge >= 0.3 is 0 Å². The highest BCUT2D eigenvalue weighted by molar-refractivity contribution is 5.90. The van der Waals surface area contributed by atoms with Crippen LogP contribution in [0, 0.1) is 0 Å². The maximum Gasteiger partial charge on any atom is 0.231 e. The molecule has 0 saturated heterocycles. The van der Waals surface area contributed by atoms with Crippen molar-refractivity contribution in [2.75, 3.05) is 25.7 Å². The molecule has 0 aliphatic carbocycles. The summed E-state index contributed by atoms with van der Waals surface area (Å²) in [6, 6.07) is 13.2. The first-order valence-electron chi connectivity index (χ1n) is 8.30. The molecular weight excluding hydrogens is 356 g/mol. The summed E-state index contributed by atoms with van der Waals surface area (Å²) in [5.74, 6) is 2.16. The number of carbonyl (C=O) groups excluding carboxylic acids is 1. The summed E-state index contributed by atoms with van der Waals surface area (Å²) in [4.78, 5) is 11.9. The number of benzene rings is 2. The maximum atomic E-state index is 11.9. The highest BCUT2D eigenvalue weighted by atomic mass is 35.5. The third-order valence-electron chi connectivity index (χ3n) is 3.79. The third-order valence-corrected chi connectivity index (χ3v) is 3.79. The number of amides is 1. The lowest BCUT2D eigenvalue weighted by atomic mass is 10.2. The van der Waals surface area contributed by atoms with Gasteiger partial charge in [0.15, 0.2) is 11.5 Å². The molecule has 1 heterocycles. The highest BCUT2D eigenvalue weighted by Gasteiger charge is 2.13. The molecule has 140 valence electrons. The number of anilines is 1. The van der Waals surface area contributed by atoms with E-state index >= 15 is 0 Å². The molecule has 3 rings (SSSR count). The Labute approximate surface area is 159 Å². The fraction of sp³-hybridized carbons (Fsp3) is 0.316. The molecule has 6 nitrogen and oxygen atoms in total. The standard InChI is InChI=1S/C19H22N2O4.ClH/c1-20-9-3-6-19(22)21-15-5-2-4-14(10-15)12-23-16-7-8-17-18(11-16)25-13-24-17;/h2,4-5,7-8,10-11,20H,3,6,9,12-13H2,1H3,(H,21,22);1H. The summed E-state index contributed by atoms with van der Waals surface area (Å²) in [7, 11) is 1.88. The first kappa shape index (κ1) is 19.9. The number of carbonyl (C=O) groups is 1. The average molecular weight is 379 g/mol. The van der Waals surface area contributed by atoms with E-state index in [0.717, 1.165) is 30.0 Å². The summed E-state index contributed by atoms with van der Waals surface area (Å²) in [6.45, 7) is 1.48. The third kappa shape index (κ3) is 5.54. The van der Waals surface area contributed by atoms with Crippen LogP contribution in [-0.4, -0.2) is 26.3 Å². The maximum absolute atomic E-state index is 11.9. The Bertz CT molecular complexity index is 739. The van der Waals surface area contributed by atoms with Gasteiger partial charge in [0.05, 0.1) is 0 Å². The van der Waals surface area contributed by atoms with Crippen molar-refractivity contribution < 1.29 is 19.0 Å². The molecule has 0 bridgehead atoms. The van der Waals surface area contributed by atoms with Crippen molar-refractivity contribution in [3.05, 3.63) is 48.0 Å². The van der Waals surface area contributed by atoms with Crippen LogP contribution in [0.1, 0.15) is 18.4 Å². The van der Waals surface area contributed by atoms with Crippen LogP contribution in [0.4, 0.5) is 5.69 Å². The lowest BCUT2D eigenvalue weighted by molar-refractivity contribution is -0.116. The molecule has 1 aliphatic heterocycles. The van der Waals surface area contributed by atoms with Crippen molar-refractivity contribution in [2.45, 2.75) is 19.4 Å². The van der Waals surface area contributed by atoms with Crippen molar-refractivity contribution in [1.29, 1.82) is 0 Å². The summed E-state index contributed by atoms with van der Waals surface area (Å²) in [5, 5.41) is 5.95. The smallest absolute Gasteiger partial charge is 0.231 e. The number of hydrogen-bond donors (Lipinski definition) is 2. The van der Waals surface area contributed by atoms with Gasteiger partial charge in [0, 0.05) is 18.2 Å². The van der Waals surface area contributed by atoms with Crippen molar-refractivity contribution in [1.82, 2.24) is 5.32 Å². The van der Waals surface area contributed by atoms with Gasteiger partial charge in [-0.05, 0) is 49.8 Å². The molecular formula is C19H23ClN2O4. The first-order chi connectivity index (χ1) is 12.2. The van der Waals surface area contributed by atoms with Crippen LogP contribution in [0.5, 0.6) is 17.2 Å². The largest absolute Gasteiger partial charge is 0.489 e. The van der Waals surface area contributed by atoms with Crippen LogP contribution in [-0.2, 0) is 11.4 Å². The van der Waals surface area contributed by atoms with Gasteiger partial charge in [-0.3, -0.25) is 4.79 Å². The Morgan fingerprint density at radius 3 is 2.85 bits per heavy atom. The fourth-order valence-corrected chi connectivity index (χ4v) is 2.52. The fourth-order valence-electron chi connectivity index (χ4n) is 2.52. The summed E-state index contributed by atoms with van der Waals surface area (Å²) in [6.07, 6.45) is 1.31. The van der Waals surface area contributed by atoms with E-state index in [1.54, 1.807) is 0 Å². The molecule has 1 aliphatic rings. The van der Waals surface area contributed by atoms with Gasteiger partial charge in [0.2, 0.25) is 12.7 Å². The molecule has 0 fully saturated rings. The van der Waals surface area contributed by atoms with E-state index in [4.69, 9.17) is 14.2 Å². The molecule has 2 N–H and O–H groups in total. The Morgan fingerprint density at radius 1 is 1.15 bits per heavy atom. The van der Waals surface area contributed by atoms with Crippen molar-refractivity contribution in [3.8, 4) is 17.2 Å². The predicted molar refractivity (Wildman–Crippen MR) is 102 cm³/mol. The van der Waals surface area contributed by atoms with E-state index in [-0.39, 0.29) is 25.1 Å². The number of nitrogens with one attached hydrogen (secondary N) is 2. The Hall–Kier alpha value is -2.44. The molecule has 0 spiro atoms. The number of hydrogen-bond acceptors (Lipinski definition) is 5. The van der Waals surface area contributed by atoms with E-state index in [1.165, 1.54) is 0 Å². The van der Waals surface area contributed by atoms with Crippen molar-refractivity contribution in [2.24, 2.45) is 0 Å². The number of fused-ring (bicyclic) bond motifs is 1. The lowest BCUT2D eigenvalue weighted by Crippen LogP contribution is -2.15. The van der Waals surface area contributed by atoms with Gasteiger partial charge in [0.25, 0.3) is 0 Å². The van der Waals surface area contributed by atoms with Gasteiger partial charge in [-0.2, -0.15) is 0 Å². The molecule has 2 aromatic rings. The van der Waals surface area contributed by atoms with Crippen molar-refractivity contribution >= 4 is 24.0 Å². The average Bonchev–Trinajstić information content (AvgIpc) is 3.08. The summed E-state index contributed by atoms with van der Waals surface area (Å²) >= 11 is 0. The first-order valence-corrected chi connectivity index (χ1v) is 8.30. The second kappa shape index (κ2) is 9.89. The second-order valence-electron chi connectivity index (χ2n) is 5.76. The lowest BCUT2D eigenvalue weighted by Gasteiger charge is -2.09. The van der Waals surface area contributed by atoms with Gasteiger partial charge in [-0.15, -0.1) is 12.4 Å². The zero-order valence-corrected chi connectivity index (χ0v) is 15.4. The van der Waals surface area contributed by atoms with Gasteiger partial charge in [0.1, 0.15) is 12.4 Å². The second-order valence-corrected chi connectivity index (χ2v) is 5.76. The van der Waals surface area contributed by atoms with Crippen LogP contribution >= 0.6 is 12.4 Å².